The number of nitrogens with zero attached hydrogens (tertiary/aromatic N) is 1. The molecule has 1 aromatic carbocycles. The zero-order chi connectivity index (χ0) is 13.4. The van der Waals surface area contributed by atoms with E-state index in [1.165, 1.54) is 6.07 Å². The van der Waals surface area contributed by atoms with Crippen LogP contribution in [0.1, 0.15) is 18.5 Å². The van der Waals surface area contributed by atoms with Crippen molar-refractivity contribution in [1.82, 2.24) is 9.55 Å². The number of nitrogens with one attached hydrogen (secondary N) is 1. The van der Waals surface area contributed by atoms with E-state index < -0.39 is 10.8 Å². The zero-order valence-corrected chi connectivity index (χ0v) is 12.1. The summed E-state index contributed by atoms with van der Waals surface area (Å²) in [5, 5.41) is 0. The highest BCUT2D eigenvalue weighted by atomic mass is 32.2. The summed E-state index contributed by atoms with van der Waals surface area (Å²) in [6.07, 6.45) is 1.67. The fraction of sp³-hybridized carbons (Fsp3) is 0.417. The molecule has 0 saturated carbocycles. The quantitative estimate of drug-likeness (QED) is 0.881. The number of H-pyrrole nitrogens is 1. The third kappa shape index (κ3) is 2.40. The molecule has 18 heavy (non-hydrogen) atoms. The van der Waals surface area contributed by atoms with Gasteiger partial charge in [-0.2, -0.15) is 0 Å². The molecular weight excluding hydrogens is 271 g/mol. The molecule has 0 spiro atoms. The van der Waals surface area contributed by atoms with Crippen molar-refractivity contribution in [2.24, 2.45) is 0 Å². The van der Waals surface area contributed by atoms with Gasteiger partial charge in [0.15, 0.2) is 4.77 Å². The van der Waals surface area contributed by atoms with Crippen molar-refractivity contribution in [2.75, 3.05) is 12.0 Å². The zero-order valence-electron chi connectivity index (χ0n) is 10.5. The standard InChI is InChI=1S/C12H15FN2OS2/c1-7-4-11-10(5-9(7)13)14-12(17)15(11)8(2)6-18(3)16/h4-5,8H,6H2,1-3H3,(H,14,17). The monoisotopic (exact) mass is 286 g/mol. The summed E-state index contributed by atoms with van der Waals surface area (Å²) in [7, 11) is -0.896. The molecule has 0 saturated heterocycles. The van der Waals surface area contributed by atoms with E-state index in [0.29, 0.717) is 21.6 Å². The Balaban J connectivity index is 2.63. The maximum absolute atomic E-state index is 13.5. The number of imidazole rings is 1. The van der Waals surface area contributed by atoms with Crippen LogP contribution in [0.5, 0.6) is 0 Å². The molecule has 2 rings (SSSR count). The first-order chi connectivity index (χ1) is 8.40. The van der Waals surface area contributed by atoms with E-state index in [2.05, 4.69) is 4.98 Å². The molecule has 98 valence electrons. The number of aromatic amines is 1. The van der Waals surface area contributed by atoms with Gasteiger partial charge in [-0.05, 0) is 43.8 Å². The van der Waals surface area contributed by atoms with Crippen LogP contribution in [0.4, 0.5) is 4.39 Å². The minimum absolute atomic E-state index is 0.0157. The Hall–Kier alpha value is -1.01. The first-order valence-electron chi connectivity index (χ1n) is 5.60. The molecule has 0 fully saturated rings. The van der Waals surface area contributed by atoms with Crippen LogP contribution in [0.2, 0.25) is 0 Å². The number of aromatic nitrogens is 2. The van der Waals surface area contributed by atoms with Crippen LogP contribution in [-0.4, -0.2) is 25.8 Å². The molecule has 0 aliphatic heterocycles. The topological polar surface area (TPSA) is 37.8 Å². The lowest BCUT2D eigenvalue weighted by Crippen LogP contribution is -2.12. The van der Waals surface area contributed by atoms with Crippen molar-refractivity contribution in [3.05, 3.63) is 28.3 Å². The molecule has 2 aromatic rings. The summed E-state index contributed by atoms with van der Waals surface area (Å²) in [6.45, 7) is 3.68. The number of rotatable bonds is 3. The molecule has 6 heteroatoms. The van der Waals surface area contributed by atoms with Crippen LogP contribution in [0.25, 0.3) is 11.0 Å². The van der Waals surface area contributed by atoms with E-state index in [9.17, 15) is 8.60 Å². The number of halogens is 1. The summed E-state index contributed by atoms with van der Waals surface area (Å²) in [5.74, 6) is 0.273. The van der Waals surface area contributed by atoms with E-state index in [1.807, 2.05) is 11.5 Å². The van der Waals surface area contributed by atoms with Gasteiger partial charge in [-0.25, -0.2) is 4.39 Å². The second-order valence-electron chi connectivity index (χ2n) is 4.51. The molecule has 0 amide bonds. The first-order valence-corrected chi connectivity index (χ1v) is 7.74. The van der Waals surface area contributed by atoms with Crippen molar-refractivity contribution in [1.29, 1.82) is 0 Å². The highest BCUT2D eigenvalue weighted by molar-refractivity contribution is 7.84. The number of benzene rings is 1. The second-order valence-corrected chi connectivity index (χ2v) is 6.37. The summed E-state index contributed by atoms with van der Waals surface area (Å²) in [4.78, 5) is 2.99. The van der Waals surface area contributed by atoms with Crippen LogP contribution in [0.3, 0.4) is 0 Å². The Kier molecular flexibility index (Phi) is 3.68. The lowest BCUT2D eigenvalue weighted by molar-refractivity contribution is 0.603. The summed E-state index contributed by atoms with van der Waals surface area (Å²) in [5.41, 5.74) is 2.11. The van der Waals surface area contributed by atoms with Gasteiger partial charge < -0.3 is 9.55 Å². The van der Waals surface area contributed by atoms with Crippen LogP contribution >= 0.6 is 12.2 Å². The maximum atomic E-state index is 13.5. The van der Waals surface area contributed by atoms with E-state index >= 15 is 0 Å². The van der Waals surface area contributed by atoms with Gasteiger partial charge in [0, 0.05) is 28.9 Å². The molecule has 3 nitrogen and oxygen atoms in total. The van der Waals surface area contributed by atoms with E-state index in [1.54, 1.807) is 19.2 Å². The van der Waals surface area contributed by atoms with Gasteiger partial charge in [0.1, 0.15) is 5.82 Å². The lowest BCUT2D eigenvalue weighted by atomic mass is 10.2. The maximum Gasteiger partial charge on any atom is 0.178 e. The fourth-order valence-electron chi connectivity index (χ4n) is 2.10. The van der Waals surface area contributed by atoms with Gasteiger partial charge in [-0.1, -0.05) is 0 Å². The molecule has 1 N–H and O–H groups in total. The SMILES string of the molecule is Cc1cc2c(cc1F)[nH]c(=S)n2C(C)CS(C)=O. The summed E-state index contributed by atoms with van der Waals surface area (Å²) < 4.78 is 27.2. The Morgan fingerprint density at radius 1 is 1.56 bits per heavy atom. The van der Waals surface area contributed by atoms with Gasteiger partial charge in [0.05, 0.1) is 11.0 Å². The lowest BCUT2D eigenvalue weighted by Gasteiger charge is -2.13. The molecular formula is C12H15FN2OS2. The predicted octanol–water partition coefficient (Wildman–Crippen LogP) is 3.09. The molecule has 1 heterocycles. The number of hydrogen-bond donors (Lipinski definition) is 1. The average molecular weight is 286 g/mol. The van der Waals surface area contributed by atoms with Crippen LogP contribution < -0.4 is 0 Å². The average Bonchev–Trinajstić information content (AvgIpc) is 2.53. The molecule has 0 radical (unpaired) electrons. The van der Waals surface area contributed by atoms with E-state index in [4.69, 9.17) is 12.2 Å². The molecule has 2 unspecified atom stereocenters. The number of hydrogen-bond acceptors (Lipinski definition) is 2. The molecule has 2 atom stereocenters. The highest BCUT2D eigenvalue weighted by Gasteiger charge is 2.14. The summed E-state index contributed by atoms with van der Waals surface area (Å²) in [6, 6.07) is 3.24. The fourth-order valence-corrected chi connectivity index (χ4v) is 3.32. The Labute approximate surface area is 112 Å². The van der Waals surface area contributed by atoms with Gasteiger partial charge in [-0.15, -0.1) is 0 Å². The largest absolute Gasteiger partial charge is 0.330 e. The van der Waals surface area contributed by atoms with Gasteiger partial charge in [0.2, 0.25) is 0 Å². The molecule has 1 aromatic heterocycles. The summed E-state index contributed by atoms with van der Waals surface area (Å²) >= 11 is 5.25. The van der Waals surface area contributed by atoms with E-state index in [-0.39, 0.29) is 11.9 Å². The first kappa shape index (κ1) is 13.4. The Bertz CT molecular complexity index is 675. The number of fused-ring (bicyclic) bond motifs is 1. The Morgan fingerprint density at radius 3 is 2.83 bits per heavy atom. The minimum atomic E-state index is -0.896. The third-order valence-corrected chi connectivity index (χ3v) is 4.16. The van der Waals surface area contributed by atoms with Crippen LogP contribution in [-0.2, 0) is 10.8 Å². The van der Waals surface area contributed by atoms with Crippen LogP contribution in [0.15, 0.2) is 12.1 Å². The number of aryl methyl sites for hydroxylation is 1. The van der Waals surface area contributed by atoms with Crippen molar-refractivity contribution in [2.45, 2.75) is 19.9 Å². The van der Waals surface area contributed by atoms with Gasteiger partial charge in [0.25, 0.3) is 0 Å². The van der Waals surface area contributed by atoms with Gasteiger partial charge in [-0.3, -0.25) is 4.21 Å². The Morgan fingerprint density at radius 2 is 2.22 bits per heavy atom. The molecule has 0 aliphatic rings. The van der Waals surface area contributed by atoms with Crippen molar-refractivity contribution >= 4 is 34.1 Å². The van der Waals surface area contributed by atoms with E-state index in [0.717, 1.165) is 5.52 Å². The third-order valence-electron chi connectivity index (χ3n) is 2.91. The van der Waals surface area contributed by atoms with Crippen molar-refractivity contribution in [3.8, 4) is 0 Å². The smallest absolute Gasteiger partial charge is 0.178 e. The minimum Gasteiger partial charge on any atom is -0.330 e. The van der Waals surface area contributed by atoms with Crippen molar-refractivity contribution < 1.29 is 8.60 Å². The molecule has 0 bridgehead atoms. The molecule has 0 aliphatic carbocycles. The highest BCUT2D eigenvalue weighted by Crippen LogP contribution is 2.22. The van der Waals surface area contributed by atoms with Crippen molar-refractivity contribution in [3.63, 3.8) is 0 Å². The second kappa shape index (κ2) is 4.93. The normalized spacial score (nSPS) is 14.9. The predicted molar refractivity (Wildman–Crippen MR) is 75.5 cm³/mol. The van der Waals surface area contributed by atoms with Crippen LogP contribution in [0, 0.1) is 17.5 Å². The van der Waals surface area contributed by atoms with Gasteiger partial charge >= 0.3 is 0 Å².